The van der Waals surface area contributed by atoms with E-state index in [4.69, 9.17) is 14.2 Å². The predicted molar refractivity (Wildman–Crippen MR) is 74.2 cm³/mol. The minimum absolute atomic E-state index is 0.318. The largest absolute Gasteiger partial charge is 0.659 e. The van der Waals surface area contributed by atoms with Crippen molar-refractivity contribution in [1.29, 1.82) is 0 Å². The summed E-state index contributed by atoms with van der Waals surface area (Å²) in [6.45, 7) is 0. The van der Waals surface area contributed by atoms with E-state index in [1.165, 1.54) is 0 Å². The van der Waals surface area contributed by atoms with Gasteiger partial charge in [-0.3, -0.25) is 0 Å². The zero-order chi connectivity index (χ0) is 15.0. The predicted octanol–water partition coefficient (Wildman–Crippen LogP) is 1.29. The molecule has 21 heavy (non-hydrogen) atoms. The maximum absolute atomic E-state index is 9.62. The molecule has 0 spiro atoms. The molecule has 0 atom stereocenters. The zero-order valence-corrected chi connectivity index (χ0v) is 12.0. The minimum atomic E-state index is 0.318. The van der Waals surface area contributed by atoms with E-state index in [-0.39, 0.29) is 0 Å². The van der Waals surface area contributed by atoms with Crippen molar-refractivity contribution in [3.05, 3.63) is 35.0 Å². The molecule has 0 aliphatic heterocycles. The summed E-state index contributed by atoms with van der Waals surface area (Å²) in [6.07, 6.45) is 2.25. The minimum Gasteiger partial charge on any atom is -0.659 e. The monoisotopic (exact) mass is 286 g/mol. The van der Waals surface area contributed by atoms with Crippen LogP contribution in [0.15, 0.2) is 18.3 Å². The SMILES string of the molecule is COc1cc(Cc2cnc3nc2[n+]3=[N-])cc(OC)c1OC. The molecule has 108 valence electrons. The molecule has 4 aromatic rings. The van der Waals surface area contributed by atoms with Gasteiger partial charge in [0.25, 0.3) is 0 Å². The number of methoxy groups -OCH3 is 3. The average Bonchev–Trinajstić information content (AvgIpc) is 2.53. The molecule has 0 aliphatic rings. The molecule has 0 fully saturated rings. The van der Waals surface area contributed by atoms with Crippen molar-refractivity contribution in [1.82, 2.24) is 9.97 Å². The Kier molecular flexibility index (Phi) is 3.17. The smallest absolute Gasteiger partial charge is 0.374 e. The van der Waals surface area contributed by atoms with Gasteiger partial charge in [-0.2, -0.15) is 0 Å². The summed E-state index contributed by atoms with van der Waals surface area (Å²) in [6, 6.07) is 3.73. The Bertz CT molecular complexity index is 791. The Balaban J connectivity index is 2.01. The first kappa shape index (κ1) is 13.3. The number of benzene rings is 1. The lowest BCUT2D eigenvalue weighted by atomic mass is 10.1. The third-order valence-corrected chi connectivity index (χ3v) is 3.34. The maximum atomic E-state index is 9.62. The molecule has 0 aliphatic carbocycles. The van der Waals surface area contributed by atoms with Gasteiger partial charge in [-0.25, -0.2) is 0 Å². The van der Waals surface area contributed by atoms with E-state index >= 15 is 0 Å². The van der Waals surface area contributed by atoms with Crippen molar-refractivity contribution in [2.24, 2.45) is 0 Å². The molecule has 0 amide bonds. The number of rotatable bonds is 5. The summed E-state index contributed by atoms with van der Waals surface area (Å²) < 4.78 is 16.9. The molecule has 0 radical (unpaired) electrons. The van der Waals surface area contributed by atoms with Crippen molar-refractivity contribution < 1.29 is 18.6 Å². The first-order chi connectivity index (χ1) is 10.2. The number of fused-ring (bicyclic) bond motifs is 2. The van der Waals surface area contributed by atoms with Gasteiger partial charge in [0.1, 0.15) is 0 Å². The Labute approximate surface area is 120 Å². The fourth-order valence-corrected chi connectivity index (χ4v) is 2.31. The number of aromatic nitrogens is 3. The van der Waals surface area contributed by atoms with Crippen LogP contribution in [0.3, 0.4) is 0 Å². The molecule has 1 aromatic carbocycles. The summed E-state index contributed by atoms with van der Waals surface area (Å²) >= 11 is 0. The van der Waals surface area contributed by atoms with E-state index in [0.717, 1.165) is 15.5 Å². The van der Waals surface area contributed by atoms with E-state index in [1.807, 2.05) is 12.1 Å². The van der Waals surface area contributed by atoms with Gasteiger partial charge in [0.2, 0.25) is 11.4 Å². The maximum Gasteiger partial charge on any atom is 0.374 e. The first-order valence-corrected chi connectivity index (χ1v) is 6.31. The van der Waals surface area contributed by atoms with Gasteiger partial charge in [0.15, 0.2) is 11.5 Å². The van der Waals surface area contributed by atoms with E-state index in [9.17, 15) is 5.53 Å². The zero-order valence-electron chi connectivity index (χ0n) is 12.0. The van der Waals surface area contributed by atoms with Crippen molar-refractivity contribution in [3.63, 3.8) is 0 Å². The number of nitrogens with zero attached hydrogens (tertiary/aromatic N) is 4. The third-order valence-electron chi connectivity index (χ3n) is 3.34. The Morgan fingerprint density at radius 1 is 1.10 bits per heavy atom. The highest BCUT2D eigenvalue weighted by Crippen LogP contribution is 2.38. The standard InChI is InChI=1S/C14H14N4O3/c1-19-10-5-8(6-11(20-2)12(10)21-3)4-9-7-16-14-17-13(9)18(14)15/h5-7H,4H2,1-3H3. The summed E-state index contributed by atoms with van der Waals surface area (Å²) in [4.78, 5) is 8.12. The van der Waals surface area contributed by atoms with Crippen LogP contribution in [0.2, 0.25) is 0 Å². The van der Waals surface area contributed by atoms with Crippen molar-refractivity contribution >= 4 is 11.4 Å². The Morgan fingerprint density at radius 2 is 1.76 bits per heavy atom. The van der Waals surface area contributed by atoms with Gasteiger partial charge in [-0.1, -0.05) is 4.98 Å². The molecule has 0 saturated heterocycles. The third kappa shape index (κ3) is 2.06. The van der Waals surface area contributed by atoms with Crippen LogP contribution in [-0.2, 0) is 6.42 Å². The molecule has 4 rings (SSSR count). The van der Waals surface area contributed by atoms with E-state index < -0.39 is 0 Å². The van der Waals surface area contributed by atoms with E-state index in [0.29, 0.717) is 35.1 Å². The van der Waals surface area contributed by atoms with Crippen LogP contribution in [0.4, 0.5) is 0 Å². The fraction of sp³-hybridized carbons (Fsp3) is 0.286. The second kappa shape index (κ2) is 5.01. The van der Waals surface area contributed by atoms with Gasteiger partial charge in [0, 0.05) is 6.42 Å². The number of hydrogen-bond donors (Lipinski definition) is 0. The average molecular weight is 286 g/mol. The fourth-order valence-electron chi connectivity index (χ4n) is 2.31. The van der Waals surface area contributed by atoms with Crippen LogP contribution >= 0.6 is 0 Å². The van der Waals surface area contributed by atoms with Gasteiger partial charge in [-0.05, 0) is 17.7 Å². The molecular formula is C14H14N4O3. The van der Waals surface area contributed by atoms with Gasteiger partial charge in [0.05, 0.1) is 33.1 Å². The van der Waals surface area contributed by atoms with E-state index in [1.54, 1.807) is 27.5 Å². The van der Waals surface area contributed by atoms with Crippen LogP contribution in [0.5, 0.6) is 17.2 Å². The molecule has 0 N–H and O–H groups in total. The van der Waals surface area contributed by atoms with Crippen molar-refractivity contribution in [2.75, 3.05) is 21.3 Å². The Hall–Kier alpha value is -2.70. The van der Waals surface area contributed by atoms with E-state index in [2.05, 4.69) is 9.97 Å². The lowest BCUT2D eigenvalue weighted by molar-refractivity contribution is -0.459. The normalized spacial score (nSPS) is 11.0. The first-order valence-electron chi connectivity index (χ1n) is 6.31. The highest BCUT2D eigenvalue weighted by Gasteiger charge is 2.18. The van der Waals surface area contributed by atoms with Crippen LogP contribution in [0, 0.1) is 0 Å². The molecule has 3 heterocycles. The topological polar surface area (TPSA) is 81.7 Å². The molecule has 0 saturated carbocycles. The molecular weight excluding hydrogens is 272 g/mol. The van der Waals surface area contributed by atoms with Crippen molar-refractivity contribution in [2.45, 2.75) is 6.42 Å². The molecule has 3 aromatic heterocycles. The molecule has 0 unspecified atom stereocenters. The molecule has 7 heteroatoms. The number of ether oxygens (including phenoxy) is 3. The highest BCUT2D eigenvalue weighted by atomic mass is 16.5. The number of hydrogen-bond acceptors (Lipinski definition) is 5. The summed E-state index contributed by atoms with van der Waals surface area (Å²) in [7, 11) is 4.71. The van der Waals surface area contributed by atoms with Crippen LogP contribution in [0.25, 0.3) is 17.0 Å². The Morgan fingerprint density at radius 3 is 2.24 bits per heavy atom. The molecule has 2 bridgehead atoms. The summed E-state index contributed by atoms with van der Waals surface area (Å²) in [5, 5.41) is 0. The summed E-state index contributed by atoms with van der Waals surface area (Å²) in [5.74, 6) is 2.04. The lowest BCUT2D eigenvalue weighted by Crippen LogP contribution is -2.27. The second-order valence-corrected chi connectivity index (χ2v) is 4.54. The highest BCUT2D eigenvalue weighted by molar-refractivity contribution is 5.56. The van der Waals surface area contributed by atoms with Crippen LogP contribution in [-0.4, -0.2) is 31.3 Å². The van der Waals surface area contributed by atoms with Gasteiger partial charge >= 0.3 is 5.78 Å². The van der Waals surface area contributed by atoms with Gasteiger partial charge < -0.3 is 24.1 Å². The van der Waals surface area contributed by atoms with Gasteiger partial charge in [-0.15, -0.1) is 4.98 Å². The van der Waals surface area contributed by atoms with Crippen LogP contribution in [0.1, 0.15) is 11.1 Å². The van der Waals surface area contributed by atoms with Crippen LogP contribution < -0.4 is 18.6 Å². The quantitative estimate of drug-likeness (QED) is 0.660. The molecule has 7 nitrogen and oxygen atoms in total. The van der Waals surface area contributed by atoms with Crippen molar-refractivity contribution in [3.8, 4) is 17.2 Å². The summed E-state index contributed by atoms with van der Waals surface area (Å²) in [5.41, 5.74) is 11.9. The second-order valence-electron chi connectivity index (χ2n) is 4.54. The lowest BCUT2D eigenvalue weighted by Gasteiger charge is -2.14.